The average molecular weight is 344 g/mol. The highest BCUT2D eigenvalue weighted by atomic mass is 16.5. The molecule has 2 aromatic carbocycles. The van der Waals surface area contributed by atoms with E-state index in [4.69, 9.17) is 15.6 Å². The molecule has 2 aromatic rings. The zero-order valence-electron chi connectivity index (χ0n) is 14.8. The van der Waals surface area contributed by atoms with Gasteiger partial charge in [-0.3, -0.25) is 0 Å². The minimum Gasteiger partial charge on any atom is -0.452 e. The molecule has 0 saturated carbocycles. The van der Waals surface area contributed by atoms with Gasteiger partial charge in [0.2, 0.25) is 12.1 Å². The van der Waals surface area contributed by atoms with Gasteiger partial charge >= 0.3 is 0 Å². The number of anilines is 1. The Hall–Kier alpha value is -3.26. The van der Waals surface area contributed by atoms with E-state index in [1.165, 1.54) is 5.56 Å². The maximum Gasteiger partial charge on any atom is 0.202 e. The Morgan fingerprint density at radius 2 is 1.77 bits per heavy atom. The number of hydrazone groups is 1. The summed E-state index contributed by atoms with van der Waals surface area (Å²) in [6.45, 7) is 4.03. The molecule has 3 atom stereocenters. The summed E-state index contributed by atoms with van der Waals surface area (Å²) in [5, 5.41) is 16.3. The van der Waals surface area contributed by atoms with Crippen LogP contribution < -0.4 is 10.7 Å². The fourth-order valence-electron chi connectivity index (χ4n) is 3.77. The minimum absolute atomic E-state index is 0.0696. The van der Waals surface area contributed by atoms with Gasteiger partial charge in [0.25, 0.3) is 0 Å². The predicted molar refractivity (Wildman–Crippen MR) is 101 cm³/mol. The number of nitriles is 1. The summed E-state index contributed by atoms with van der Waals surface area (Å²) in [4.78, 5) is 0. The Labute approximate surface area is 153 Å². The third-order valence-electron chi connectivity index (χ3n) is 5.06. The Kier molecular flexibility index (Phi) is 3.89. The van der Waals surface area contributed by atoms with E-state index in [9.17, 15) is 5.26 Å². The van der Waals surface area contributed by atoms with E-state index < -0.39 is 0 Å². The van der Waals surface area contributed by atoms with E-state index in [-0.39, 0.29) is 23.9 Å². The summed E-state index contributed by atoms with van der Waals surface area (Å²) in [5.41, 5.74) is 10.7. The molecule has 0 saturated heterocycles. The van der Waals surface area contributed by atoms with E-state index in [0.29, 0.717) is 5.57 Å². The maximum atomic E-state index is 9.72. The van der Waals surface area contributed by atoms with E-state index in [2.05, 4.69) is 30.3 Å². The van der Waals surface area contributed by atoms with Gasteiger partial charge < -0.3 is 10.5 Å². The van der Waals surface area contributed by atoms with Crippen molar-refractivity contribution in [1.82, 2.24) is 0 Å². The maximum absolute atomic E-state index is 9.72. The number of ether oxygens (including phenoxy) is 1. The smallest absolute Gasteiger partial charge is 0.202 e. The first-order valence-electron chi connectivity index (χ1n) is 8.62. The molecule has 4 rings (SSSR count). The summed E-state index contributed by atoms with van der Waals surface area (Å²) < 4.78 is 5.97. The molecule has 0 amide bonds. The fourth-order valence-corrected chi connectivity index (χ4v) is 3.77. The Balaban J connectivity index is 1.81. The predicted octanol–water partition coefficient (Wildman–Crippen LogP) is 3.64. The van der Waals surface area contributed by atoms with Crippen LogP contribution in [0.5, 0.6) is 0 Å². The number of fused-ring (bicyclic) bond motifs is 1. The van der Waals surface area contributed by atoms with Crippen molar-refractivity contribution in [2.24, 2.45) is 16.8 Å². The number of para-hydroxylation sites is 1. The Morgan fingerprint density at radius 1 is 1.08 bits per heavy atom. The topological polar surface area (TPSA) is 74.6 Å². The molecule has 0 radical (unpaired) electrons. The molecule has 0 fully saturated rings. The van der Waals surface area contributed by atoms with Crippen molar-refractivity contribution in [3.63, 3.8) is 0 Å². The van der Waals surface area contributed by atoms with Gasteiger partial charge in [0.1, 0.15) is 6.07 Å². The second-order valence-corrected chi connectivity index (χ2v) is 6.73. The number of hydrogen-bond donors (Lipinski definition) is 1. The van der Waals surface area contributed by atoms with Crippen LogP contribution in [0.4, 0.5) is 5.69 Å². The van der Waals surface area contributed by atoms with Gasteiger partial charge in [-0.05, 0) is 31.5 Å². The van der Waals surface area contributed by atoms with Crippen LogP contribution in [0, 0.1) is 24.2 Å². The SMILES string of the molecule is CC1=NN(c2ccccc2)C2OC(N)=C(C#N)C(c3ccc(C)cc3)C12. The second kappa shape index (κ2) is 6.23. The normalized spacial score (nSPS) is 24.6. The zero-order chi connectivity index (χ0) is 18.3. The van der Waals surface area contributed by atoms with Gasteiger partial charge in [-0.25, -0.2) is 5.01 Å². The lowest BCUT2D eigenvalue weighted by Gasteiger charge is -2.37. The summed E-state index contributed by atoms with van der Waals surface area (Å²) in [6.07, 6.45) is -0.360. The molecular weight excluding hydrogens is 324 g/mol. The average Bonchev–Trinajstić information content (AvgIpc) is 2.98. The number of nitrogens with two attached hydrogens (primary N) is 1. The lowest BCUT2D eigenvalue weighted by Crippen LogP contribution is -2.43. The largest absolute Gasteiger partial charge is 0.452 e. The summed E-state index contributed by atoms with van der Waals surface area (Å²) >= 11 is 0. The van der Waals surface area contributed by atoms with Gasteiger partial charge in [0.15, 0.2) is 0 Å². The van der Waals surface area contributed by atoms with Crippen LogP contribution in [0.3, 0.4) is 0 Å². The van der Waals surface area contributed by atoms with Crippen molar-refractivity contribution >= 4 is 11.4 Å². The third kappa shape index (κ3) is 2.51. The molecule has 0 aliphatic carbocycles. The highest BCUT2D eigenvalue weighted by Crippen LogP contribution is 2.45. The number of hydrogen-bond acceptors (Lipinski definition) is 5. The van der Waals surface area contributed by atoms with Crippen LogP contribution in [0.15, 0.2) is 71.2 Å². The monoisotopic (exact) mass is 344 g/mol. The van der Waals surface area contributed by atoms with Crippen molar-refractivity contribution in [2.75, 3.05) is 5.01 Å². The van der Waals surface area contributed by atoms with Gasteiger partial charge in [-0.15, -0.1) is 0 Å². The highest BCUT2D eigenvalue weighted by molar-refractivity contribution is 5.90. The van der Waals surface area contributed by atoms with Crippen LogP contribution >= 0.6 is 0 Å². The van der Waals surface area contributed by atoms with Gasteiger partial charge in [-0.1, -0.05) is 48.0 Å². The Bertz CT molecular complexity index is 925. The third-order valence-corrected chi connectivity index (χ3v) is 5.06. The second-order valence-electron chi connectivity index (χ2n) is 6.73. The molecule has 0 spiro atoms. The van der Waals surface area contributed by atoms with E-state index >= 15 is 0 Å². The van der Waals surface area contributed by atoms with E-state index in [0.717, 1.165) is 17.0 Å². The van der Waals surface area contributed by atoms with Crippen molar-refractivity contribution in [3.05, 3.63) is 77.2 Å². The fraction of sp³-hybridized carbons (Fsp3) is 0.238. The molecular formula is C21H20N4O. The summed E-state index contributed by atoms with van der Waals surface area (Å²) in [5.74, 6) is -0.0539. The van der Waals surface area contributed by atoms with Crippen molar-refractivity contribution < 1.29 is 4.74 Å². The summed E-state index contributed by atoms with van der Waals surface area (Å²) in [6, 6.07) is 20.4. The molecule has 3 unspecified atom stereocenters. The molecule has 2 heterocycles. The zero-order valence-corrected chi connectivity index (χ0v) is 14.8. The number of nitrogens with zero attached hydrogens (tertiary/aromatic N) is 3. The molecule has 0 aromatic heterocycles. The molecule has 2 aliphatic heterocycles. The van der Waals surface area contributed by atoms with Crippen LogP contribution in [0.1, 0.15) is 24.0 Å². The molecule has 5 nitrogen and oxygen atoms in total. The number of benzene rings is 2. The molecule has 0 bridgehead atoms. The van der Waals surface area contributed by atoms with Crippen LogP contribution in [0.2, 0.25) is 0 Å². The van der Waals surface area contributed by atoms with E-state index in [1.807, 2.05) is 49.2 Å². The summed E-state index contributed by atoms with van der Waals surface area (Å²) in [7, 11) is 0. The molecule has 2 N–H and O–H groups in total. The molecule has 2 aliphatic rings. The van der Waals surface area contributed by atoms with Gasteiger partial charge in [-0.2, -0.15) is 10.4 Å². The first-order valence-corrected chi connectivity index (χ1v) is 8.62. The van der Waals surface area contributed by atoms with Crippen molar-refractivity contribution in [2.45, 2.75) is 26.0 Å². The standard InChI is InChI=1S/C21H20N4O/c1-13-8-10-15(11-9-13)19-17(12-22)20(23)26-21-18(19)14(2)24-25(21)16-6-4-3-5-7-16/h3-11,18-19,21H,23H2,1-2H3. The minimum atomic E-state index is -0.360. The van der Waals surface area contributed by atoms with Crippen LogP contribution in [-0.4, -0.2) is 11.9 Å². The number of allylic oxidation sites excluding steroid dienone is 1. The quantitative estimate of drug-likeness (QED) is 0.902. The molecule has 5 heteroatoms. The lowest BCUT2D eigenvalue weighted by molar-refractivity contribution is 0.0662. The molecule has 26 heavy (non-hydrogen) atoms. The molecule has 130 valence electrons. The van der Waals surface area contributed by atoms with Crippen LogP contribution in [0.25, 0.3) is 0 Å². The first-order chi connectivity index (χ1) is 12.6. The lowest BCUT2D eigenvalue weighted by atomic mass is 9.76. The van der Waals surface area contributed by atoms with Gasteiger partial charge in [0, 0.05) is 11.6 Å². The van der Waals surface area contributed by atoms with E-state index in [1.54, 1.807) is 0 Å². The first kappa shape index (κ1) is 16.2. The van der Waals surface area contributed by atoms with Crippen LogP contribution in [-0.2, 0) is 4.74 Å². The number of rotatable bonds is 2. The highest BCUT2D eigenvalue weighted by Gasteiger charge is 2.48. The van der Waals surface area contributed by atoms with Crippen molar-refractivity contribution in [3.8, 4) is 6.07 Å². The van der Waals surface area contributed by atoms with Gasteiger partial charge in [0.05, 0.1) is 17.2 Å². The van der Waals surface area contributed by atoms with Crippen molar-refractivity contribution in [1.29, 1.82) is 5.26 Å². The Morgan fingerprint density at radius 3 is 2.42 bits per heavy atom. The number of aryl methyl sites for hydroxylation is 1.